The lowest BCUT2D eigenvalue weighted by Gasteiger charge is -2.12. The monoisotopic (exact) mass is 446 g/mol. The number of carbonyl (C=O) groups excluding carboxylic acids is 2. The third-order valence-corrected chi connectivity index (χ3v) is 4.85. The van der Waals surface area contributed by atoms with E-state index in [-0.39, 0.29) is 16.9 Å². The highest BCUT2D eigenvalue weighted by Crippen LogP contribution is 2.26. The molecule has 0 fully saturated rings. The van der Waals surface area contributed by atoms with Crippen LogP contribution in [0.1, 0.15) is 16.7 Å². The zero-order valence-electron chi connectivity index (χ0n) is 18.1. The molecule has 0 radical (unpaired) electrons. The van der Waals surface area contributed by atoms with E-state index in [2.05, 4.69) is 5.32 Å². The second-order valence-electron chi connectivity index (χ2n) is 7.00. The van der Waals surface area contributed by atoms with Crippen LogP contribution in [0.5, 0.6) is 5.75 Å². The minimum absolute atomic E-state index is 0.115. The average molecular weight is 446 g/mol. The molecular weight excluding hydrogens is 424 g/mol. The number of hydrogen-bond acceptors (Lipinski definition) is 6. The van der Waals surface area contributed by atoms with E-state index in [1.54, 1.807) is 48.5 Å². The molecule has 1 amide bonds. The number of hydrogen-bond donors (Lipinski definition) is 1. The molecule has 0 aromatic heterocycles. The Hall–Kier alpha value is -4.46. The maximum atomic E-state index is 12.9. The maximum absolute atomic E-state index is 12.9. The summed E-state index contributed by atoms with van der Waals surface area (Å²) in [6.07, 6.45) is 1.64. The fourth-order valence-corrected chi connectivity index (χ4v) is 3.17. The van der Waals surface area contributed by atoms with Crippen molar-refractivity contribution in [1.82, 2.24) is 0 Å². The molecule has 168 valence electrons. The summed E-state index contributed by atoms with van der Waals surface area (Å²) in [5.41, 5.74) is 2.01. The number of nitro benzene ring substituents is 1. The van der Waals surface area contributed by atoms with Crippen LogP contribution in [0.3, 0.4) is 0 Å². The molecule has 0 aliphatic heterocycles. The van der Waals surface area contributed by atoms with Gasteiger partial charge in [0, 0.05) is 11.6 Å². The van der Waals surface area contributed by atoms with Crippen LogP contribution in [0.15, 0.2) is 72.8 Å². The van der Waals surface area contributed by atoms with E-state index >= 15 is 0 Å². The largest absolute Gasteiger partial charge is 0.496 e. The SMILES string of the molecule is COc1ccccc1/C=C(/C(=O)OCC(=O)Nc1cccc([N+](=O)[O-])c1C)c1ccccc1. The molecular formula is C25H22N2O6. The number of carbonyl (C=O) groups is 2. The zero-order chi connectivity index (χ0) is 23.8. The van der Waals surface area contributed by atoms with Crippen LogP contribution in [-0.4, -0.2) is 30.5 Å². The van der Waals surface area contributed by atoms with E-state index in [4.69, 9.17) is 9.47 Å². The minimum Gasteiger partial charge on any atom is -0.496 e. The molecule has 3 aromatic rings. The van der Waals surface area contributed by atoms with E-state index < -0.39 is 23.4 Å². The quantitative estimate of drug-likeness (QED) is 0.178. The summed E-state index contributed by atoms with van der Waals surface area (Å²) in [5.74, 6) is -0.729. The molecule has 0 heterocycles. The molecule has 0 aliphatic carbocycles. The smallest absolute Gasteiger partial charge is 0.339 e. The van der Waals surface area contributed by atoms with Gasteiger partial charge in [0.25, 0.3) is 11.6 Å². The number of benzene rings is 3. The summed E-state index contributed by atoms with van der Waals surface area (Å²) in [7, 11) is 1.54. The van der Waals surface area contributed by atoms with Gasteiger partial charge in [-0.2, -0.15) is 0 Å². The highest BCUT2D eigenvalue weighted by atomic mass is 16.6. The molecule has 0 saturated heterocycles. The number of esters is 1. The second-order valence-corrected chi connectivity index (χ2v) is 7.00. The van der Waals surface area contributed by atoms with Gasteiger partial charge in [-0.05, 0) is 30.7 Å². The Bertz CT molecular complexity index is 1200. The van der Waals surface area contributed by atoms with Crippen molar-refractivity contribution in [2.75, 3.05) is 19.0 Å². The van der Waals surface area contributed by atoms with Gasteiger partial charge in [0.05, 0.1) is 28.9 Å². The van der Waals surface area contributed by atoms with E-state index in [1.807, 2.05) is 18.2 Å². The van der Waals surface area contributed by atoms with E-state index in [0.29, 0.717) is 22.4 Å². The van der Waals surface area contributed by atoms with Crippen molar-refractivity contribution in [2.24, 2.45) is 0 Å². The Morgan fingerprint density at radius 1 is 1.00 bits per heavy atom. The molecule has 0 saturated carbocycles. The molecule has 0 aliphatic rings. The number of nitro groups is 1. The third kappa shape index (κ3) is 5.82. The van der Waals surface area contributed by atoms with Gasteiger partial charge in [0.2, 0.25) is 0 Å². The van der Waals surface area contributed by atoms with Crippen LogP contribution in [0.25, 0.3) is 11.6 Å². The summed E-state index contributed by atoms with van der Waals surface area (Å²) < 4.78 is 10.6. The van der Waals surface area contributed by atoms with Crippen molar-refractivity contribution in [1.29, 1.82) is 0 Å². The van der Waals surface area contributed by atoms with Crippen molar-refractivity contribution in [3.05, 3.63) is 99.6 Å². The Labute approximate surface area is 190 Å². The van der Waals surface area contributed by atoms with Crippen molar-refractivity contribution >= 4 is 34.9 Å². The molecule has 0 spiro atoms. The highest BCUT2D eigenvalue weighted by Gasteiger charge is 2.18. The van der Waals surface area contributed by atoms with Crippen LogP contribution >= 0.6 is 0 Å². The van der Waals surface area contributed by atoms with E-state index in [1.165, 1.54) is 26.2 Å². The van der Waals surface area contributed by atoms with Crippen LogP contribution < -0.4 is 10.1 Å². The number of rotatable bonds is 8. The number of nitrogens with one attached hydrogen (secondary N) is 1. The summed E-state index contributed by atoms with van der Waals surface area (Å²) in [5, 5.41) is 13.6. The van der Waals surface area contributed by atoms with Gasteiger partial charge in [-0.3, -0.25) is 14.9 Å². The topological polar surface area (TPSA) is 108 Å². The Kier molecular flexibility index (Phi) is 7.54. The zero-order valence-corrected chi connectivity index (χ0v) is 18.1. The first-order chi connectivity index (χ1) is 15.9. The Balaban J connectivity index is 1.78. The Morgan fingerprint density at radius 3 is 2.39 bits per heavy atom. The van der Waals surface area contributed by atoms with Crippen molar-refractivity contribution in [3.8, 4) is 5.75 Å². The van der Waals surface area contributed by atoms with Crippen molar-refractivity contribution in [3.63, 3.8) is 0 Å². The summed E-state index contributed by atoms with van der Waals surface area (Å²) in [6.45, 7) is 0.973. The van der Waals surface area contributed by atoms with Gasteiger partial charge in [-0.25, -0.2) is 4.79 Å². The fraction of sp³-hybridized carbons (Fsp3) is 0.120. The van der Waals surface area contributed by atoms with Crippen molar-refractivity contribution in [2.45, 2.75) is 6.92 Å². The Morgan fingerprint density at radius 2 is 1.70 bits per heavy atom. The maximum Gasteiger partial charge on any atom is 0.339 e. The minimum atomic E-state index is -0.696. The lowest BCUT2D eigenvalue weighted by atomic mass is 10.0. The predicted octanol–water partition coefficient (Wildman–Crippen LogP) is 4.63. The van der Waals surface area contributed by atoms with Gasteiger partial charge >= 0.3 is 5.97 Å². The lowest BCUT2D eigenvalue weighted by Crippen LogP contribution is -2.22. The van der Waals surface area contributed by atoms with E-state index in [0.717, 1.165) is 0 Å². The molecule has 3 aromatic carbocycles. The first kappa shape index (κ1) is 23.2. The van der Waals surface area contributed by atoms with Crippen LogP contribution in [0.2, 0.25) is 0 Å². The van der Waals surface area contributed by atoms with Gasteiger partial charge in [0.1, 0.15) is 5.75 Å². The van der Waals surface area contributed by atoms with Gasteiger partial charge < -0.3 is 14.8 Å². The molecule has 33 heavy (non-hydrogen) atoms. The first-order valence-corrected chi connectivity index (χ1v) is 10.0. The average Bonchev–Trinajstić information content (AvgIpc) is 2.83. The lowest BCUT2D eigenvalue weighted by molar-refractivity contribution is -0.385. The molecule has 0 atom stereocenters. The molecule has 8 nitrogen and oxygen atoms in total. The van der Waals surface area contributed by atoms with Gasteiger partial charge in [0.15, 0.2) is 6.61 Å². The summed E-state index contributed by atoms with van der Waals surface area (Å²) in [6, 6.07) is 20.5. The van der Waals surface area contributed by atoms with E-state index in [9.17, 15) is 19.7 Å². The first-order valence-electron chi connectivity index (χ1n) is 10.0. The van der Waals surface area contributed by atoms with Crippen LogP contribution in [0.4, 0.5) is 11.4 Å². The normalized spacial score (nSPS) is 10.9. The predicted molar refractivity (Wildman–Crippen MR) is 125 cm³/mol. The van der Waals surface area contributed by atoms with Crippen LogP contribution in [0, 0.1) is 17.0 Å². The number of ether oxygens (including phenoxy) is 2. The summed E-state index contributed by atoms with van der Waals surface area (Å²) >= 11 is 0. The number of nitrogens with zero attached hydrogens (tertiary/aromatic N) is 1. The fourth-order valence-electron chi connectivity index (χ4n) is 3.17. The highest BCUT2D eigenvalue weighted by molar-refractivity contribution is 6.22. The number of anilines is 1. The standard InChI is InChI=1S/C25H22N2O6/c1-17-21(12-8-13-22(17)27(30)31)26-24(28)16-33-25(29)20(18-9-4-3-5-10-18)15-19-11-6-7-14-23(19)32-2/h3-15H,16H2,1-2H3,(H,26,28)/b20-15+. The molecule has 8 heteroatoms. The number of amides is 1. The van der Waals surface area contributed by atoms with Crippen LogP contribution in [-0.2, 0) is 14.3 Å². The summed E-state index contributed by atoms with van der Waals surface area (Å²) in [4.78, 5) is 35.8. The molecule has 3 rings (SSSR count). The number of methoxy groups -OCH3 is 1. The second kappa shape index (κ2) is 10.7. The van der Waals surface area contributed by atoms with Crippen molar-refractivity contribution < 1.29 is 24.0 Å². The molecule has 0 bridgehead atoms. The number of para-hydroxylation sites is 1. The third-order valence-electron chi connectivity index (χ3n) is 4.85. The van der Waals surface area contributed by atoms with Gasteiger partial charge in [-0.1, -0.05) is 54.6 Å². The molecule has 0 unspecified atom stereocenters. The van der Waals surface area contributed by atoms with Gasteiger partial charge in [-0.15, -0.1) is 0 Å². The molecule has 1 N–H and O–H groups in total.